The summed E-state index contributed by atoms with van der Waals surface area (Å²) in [5.41, 5.74) is 4.14. The van der Waals surface area contributed by atoms with Crippen molar-refractivity contribution in [2.75, 3.05) is 4.53 Å². The third-order valence-electron chi connectivity index (χ3n) is 2.19. The third-order valence-corrected chi connectivity index (χ3v) is 2.78. The van der Waals surface area contributed by atoms with Crippen LogP contribution in [0.2, 0.25) is 5.02 Å². The summed E-state index contributed by atoms with van der Waals surface area (Å²) in [6, 6.07) is 8.89. The zero-order chi connectivity index (χ0) is 13.5. The summed E-state index contributed by atoms with van der Waals surface area (Å²) in [6.45, 7) is 2.02. The van der Waals surface area contributed by atoms with Gasteiger partial charge in [0.15, 0.2) is 0 Å². The monoisotopic (exact) mass is 280 g/mol. The molecular weight excluding hydrogens is 271 g/mol. The van der Waals surface area contributed by atoms with Crippen molar-refractivity contribution in [2.45, 2.75) is 13.3 Å². The molecule has 0 fully saturated rings. The molecule has 0 aliphatic rings. The van der Waals surface area contributed by atoms with Gasteiger partial charge >= 0.3 is 0 Å². The summed E-state index contributed by atoms with van der Waals surface area (Å²) in [7, 11) is 0. The number of nitrogens with zero attached hydrogens (tertiary/aromatic N) is 3. The van der Waals surface area contributed by atoms with Crippen molar-refractivity contribution in [3.63, 3.8) is 0 Å². The molecule has 0 saturated carbocycles. The first-order valence-corrected chi connectivity index (χ1v) is 5.84. The molecular formula is C12H10Cl2N4. The summed E-state index contributed by atoms with van der Waals surface area (Å²) in [4.78, 5) is 0. The molecule has 92 valence electrons. The number of allylic oxidation sites excluding steroid dienone is 1. The SMILES string of the molecule is CCc1ccc(N(Cl)NC=C(C#N)C#N)c(Cl)c1. The minimum atomic E-state index is -0.0815. The molecule has 0 spiro atoms. The van der Waals surface area contributed by atoms with Crippen molar-refractivity contribution in [2.24, 2.45) is 0 Å². The summed E-state index contributed by atoms with van der Waals surface area (Å²) < 4.78 is 1.12. The van der Waals surface area contributed by atoms with Crippen molar-refractivity contribution >= 4 is 29.1 Å². The lowest BCUT2D eigenvalue weighted by Crippen LogP contribution is -2.24. The predicted octanol–water partition coefficient (Wildman–Crippen LogP) is 3.30. The van der Waals surface area contributed by atoms with Crippen molar-refractivity contribution < 1.29 is 0 Å². The first-order valence-electron chi connectivity index (χ1n) is 5.13. The molecule has 0 unspecified atom stereocenters. The Morgan fingerprint density at radius 1 is 1.44 bits per heavy atom. The van der Waals surface area contributed by atoms with E-state index in [-0.39, 0.29) is 5.57 Å². The van der Waals surface area contributed by atoms with Crippen molar-refractivity contribution in [1.82, 2.24) is 5.43 Å². The van der Waals surface area contributed by atoms with Crippen molar-refractivity contribution in [3.05, 3.63) is 40.6 Å². The zero-order valence-corrected chi connectivity index (χ0v) is 11.1. The van der Waals surface area contributed by atoms with E-state index in [0.29, 0.717) is 10.7 Å². The minimum absolute atomic E-state index is 0.0815. The zero-order valence-electron chi connectivity index (χ0n) is 9.61. The molecule has 0 aromatic heterocycles. The van der Waals surface area contributed by atoms with E-state index in [0.717, 1.165) is 16.5 Å². The average Bonchev–Trinajstić information content (AvgIpc) is 2.39. The normalized spacial score (nSPS) is 8.94. The molecule has 0 atom stereocenters. The number of nitrogens with one attached hydrogen (secondary N) is 1. The van der Waals surface area contributed by atoms with Gasteiger partial charge in [0.25, 0.3) is 0 Å². The van der Waals surface area contributed by atoms with Crippen LogP contribution in [-0.4, -0.2) is 0 Å². The smallest absolute Gasteiger partial charge is 0.147 e. The Morgan fingerprint density at radius 3 is 2.61 bits per heavy atom. The highest BCUT2D eigenvalue weighted by atomic mass is 35.5. The van der Waals surface area contributed by atoms with Crippen LogP contribution in [0.1, 0.15) is 12.5 Å². The lowest BCUT2D eigenvalue weighted by atomic mass is 10.1. The number of nitriles is 2. The molecule has 0 aliphatic heterocycles. The molecule has 0 heterocycles. The Morgan fingerprint density at radius 2 is 2.11 bits per heavy atom. The van der Waals surface area contributed by atoms with E-state index in [9.17, 15) is 0 Å². The van der Waals surface area contributed by atoms with E-state index < -0.39 is 0 Å². The van der Waals surface area contributed by atoms with Crippen LogP contribution in [0.25, 0.3) is 0 Å². The second kappa shape index (κ2) is 6.76. The summed E-state index contributed by atoms with van der Waals surface area (Å²) in [5, 5.41) is 17.6. The minimum Gasteiger partial charge on any atom is -0.289 e. The van der Waals surface area contributed by atoms with Gasteiger partial charge in [-0.05, 0) is 24.1 Å². The maximum atomic E-state index is 8.56. The third kappa shape index (κ3) is 3.56. The highest BCUT2D eigenvalue weighted by Gasteiger charge is 2.07. The number of hydrogen-bond donors (Lipinski definition) is 1. The van der Waals surface area contributed by atoms with Crippen LogP contribution in [0, 0.1) is 22.7 Å². The van der Waals surface area contributed by atoms with Gasteiger partial charge in [-0.25, -0.2) is 0 Å². The van der Waals surface area contributed by atoms with Crippen LogP contribution in [0.4, 0.5) is 5.69 Å². The summed E-state index contributed by atoms with van der Waals surface area (Å²) in [6.07, 6.45) is 2.08. The number of anilines is 1. The lowest BCUT2D eigenvalue weighted by molar-refractivity contribution is 0.945. The van der Waals surface area contributed by atoms with E-state index >= 15 is 0 Å². The molecule has 18 heavy (non-hydrogen) atoms. The van der Waals surface area contributed by atoms with Gasteiger partial charge in [-0.2, -0.15) is 15.1 Å². The maximum Gasteiger partial charge on any atom is 0.147 e. The predicted molar refractivity (Wildman–Crippen MR) is 71.6 cm³/mol. The van der Waals surface area contributed by atoms with Gasteiger partial charge in [0.1, 0.15) is 17.7 Å². The van der Waals surface area contributed by atoms with E-state index in [4.69, 9.17) is 33.9 Å². The van der Waals surface area contributed by atoms with Gasteiger partial charge in [-0.3, -0.25) is 5.43 Å². The van der Waals surface area contributed by atoms with Crippen LogP contribution in [0.3, 0.4) is 0 Å². The molecule has 0 bridgehead atoms. The van der Waals surface area contributed by atoms with Crippen molar-refractivity contribution in [1.29, 1.82) is 10.5 Å². The van der Waals surface area contributed by atoms with Crippen LogP contribution >= 0.6 is 23.4 Å². The molecule has 0 radical (unpaired) electrons. The molecule has 1 aromatic rings. The number of halogens is 2. The van der Waals surface area contributed by atoms with Gasteiger partial charge in [0.05, 0.1) is 10.7 Å². The van der Waals surface area contributed by atoms with E-state index in [1.165, 1.54) is 6.20 Å². The van der Waals surface area contributed by atoms with Gasteiger partial charge < -0.3 is 0 Å². The molecule has 0 saturated heterocycles. The first kappa shape index (κ1) is 14.2. The van der Waals surface area contributed by atoms with E-state index in [1.54, 1.807) is 18.2 Å². The Kier molecular flexibility index (Phi) is 5.32. The highest BCUT2D eigenvalue weighted by molar-refractivity contribution is 6.36. The van der Waals surface area contributed by atoms with Crippen molar-refractivity contribution in [3.8, 4) is 12.1 Å². The number of hydrazine groups is 1. The molecule has 0 aliphatic carbocycles. The second-order valence-electron chi connectivity index (χ2n) is 3.33. The van der Waals surface area contributed by atoms with Gasteiger partial charge in [0, 0.05) is 18.0 Å². The average molecular weight is 281 g/mol. The van der Waals surface area contributed by atoms with Gasteiger partial charge in [-0.1, -0.05) is 24.6 Å². The summed E-state index contributed by atoms with van der Waals surface area (Å²) >= 11 is 12.0. The first-order chi connectivity index (χ1) is 8.62. The Bertz CT molecular complexity index is 524. The van der Waals surface area contributed by atoms with Crippen LogP contribution in [0.5, 0.6) is 0 Å². The van der Waals surface area contributed by atoms with E-state index in [1.807, 2.05) is 19.1 Å². The molecule has 1 N–H and O–H groups in total. The standard InChI is InChI=1S/C12H10Cl2N4/c1-2-9-3-4-12(11(13)5-9)18(14)17-8-10(6-15)7-16/h3-5,8,17H,2H2,1H3. The van der Waals surface area contributed by atoms with Crippen LogP contribution < -0.4 is 9.95 Å². The topological polar surface area (TPSA) is 62.9 Å². The molecule has 6 heteroatoms. The largest absolute Gasteiger partial charge is 0.289 e. The Labute approximate surface area is 116 Å². The van der Waals surface area contributed by atoms with Gasteiger partial charge in [0.2, 0.25) is 0 Å². The fraction of sp³-hybridized carbons (Fsp3) is 0.167. The Hall–Kier alpha value is -1.88. The highest BCUT2D eigenvalue weighted by Crippen LogP contribution is 2.27. The maximum absolute atomic E-state index is 8.56. The number of rotatable bonds is 4. The van der Waals surface area contributed by atoms with E-state index in [2.05, 4.69) is 5.43 Å². The molecule has 1 aromatic carbocycles. The second-order valence-corrected chi connectivity index (χ2v) is 4.08. The number of benzene rings is 1. The number of hydrogen-bond acceptors (Lipinski definition) is 4. The fourth-order valence-electron chi connectivity index (χ4n) is 1.21. The van der Waals surface area contributed by atoms with Crippen LogP contribution in [0.15, 0.2) is 30.0 Å². The quantitative estimate of drug-likeness (QED) is 0.522. The molecule has 0 amide bonds. The fourth-order valence-corrected chi connectivity index (χ4v) is 1.74. The molecule has 4 nitrogen and oxygen atoms in total. The lowest BCUT2D eigenvalue weighted by Gasteiger charge is -2.17. The van der Waals surface area contributed by atoms with Crippen LogP contribution in [-0.2, 0) is 6.42 Å². The summed E-state index contributed by atoms with van der Waals surface area (Å²) in [5.74, 6) is 0. The van der Waals surface area contributed by atoms with Gasteiger partial charge in [-0.15, -0.1) is 0 Å². The number of aryl methyl sites for hydroxylation is 1. The Balaban J connectivity index is 2.86. The molecule has 1 rings (SSSR count).